The van der Waals surface area contributed by atoms with Crippen LogP contribution in [0.25, 0.3) is 10.9 Å². The van der Waals surface area contributed by atoms with Crippen molar-refractivity contribution in [1.82, 2.24) is 4.98 Å². The molecule has 3 nitrogen and oxygen atoms in total. The number of nitrogens with two attached hydrogens (primary N) is 1. The van der Waals surface area contributed by atoms with Crippen LogP contribution in [-0.4, -0.2) is 4.98 Å². The van der Waals surface area contributed by atoms with E-state index in [0.29, 0.717) is 0 Å². The Balaban J connectivity index is 1.94. The van der Waals surface area contributed by atoms with Crippen molar-refractivity contribution in [2.24, 2.45) is 0 Å². The number of pyridine rings is 1. The number of aromatic nitrogens is 1. The lowest BCUT2D eigenvalue weighted by atomic mass is 10.1. The van der Waals surface area contributed by atoms with Gasteiger partial charge in [-0.15, -0.1) is 0 Å². The molecule has 2 N–H and O–H groups in total. The van der Waals surface area contributed by atoms with Crippen LogP contribution in [0.1, 0.15) is 5.56 Å². The summed E-state index contributed by atoms with van der Waals surface area (Å²) in [4.78, 5) is 4.37. The molecule has 0 spiro atoms. The Kier molecular flexibility index (Phi) is 2.80. The first-order valence-electron chi connectivity index (χ1n) is 6.10. The highest BCUT2D eigenvalue weighted by Gasteiger charge is 2.01. The van der Waals surface area contributed by atoms with Crippen LogP contribution in [0.15, 0.2) is 54.7 Å². The lowest BCUT2D eigenvalue weighted by Crippen LogP contribution is -1.87. The molecule has 0 saturated heterocycles. The molecule has 0 radical (unpaired) electrons. The molecule has 94 valence electrons. The molecule has 0 saturated carbocycles. The number of benzene rings is 2. The minimum absolute atomic E-state index is 0.727. The third kappa shape index (κ3) is 2.50. The zero-order valence-electron chi connectivity index (χ0n) is 10.6. The van der Waals surface area contributed by atoms with E-state index in [9.17, 15) is 0 Å². The lowest BCUT2D eigenvalue weighted by Gasteiger charge is -2.07. The highest BCUT2D eigenvalue weighted by atomic mass is 16.5. The van der Waals surface area contributed by atoms with Gasteiger partial charge in [0.2, 0.25) is 0 Å². The van der Waals surface area contributed by atoms with E-state index in [1.54, 1.807) is 0 Å². The quantitative estimate of drug-likeness (QED) is 0.701. The highest BCUT2D eigenvalue weighted by Crippen LogP contribution is 2.25. The monoisotopic (exact) mass is 250 g/mol. The van der Waals surface area contributed by atoms with E-state index in [1.807, 2.05) is 55.6 Å². The molecule has 0 unspecified atom stereocenters. The first-order valence-corrected chi connectivity index (χ1v) is 6.10. The molecule has 3 aromatic rings. The number of ether oxygens (including phenoxy) is 1. The number of aryl methyl sites for hydroxylation is 1. The molecule has 0 aliphatic carbocycles. The van der Waals surface area contributed by atoms with Crippen LogP contribution < -0.4 is 10.5 Å². The number of nitrogen functional groups attached to an aromatic ring is 1. The lowest BCUT2D eigenvalue weighted by molar-refractivity contribution is 0.483. The van der Waals surface area contributed by atoms with Gasteiger partial charge in [-0.1, -0.05) is 0 Å². The number of anilines is 1. The van der Waals surface area contributed by atoms with Crippen LogP contribution in [-0.2, 0) is 0 Å². The van der Waals surface area contributed by atoms with Crippen LogP contribution in [0.3, 0.4) is 0 Å². The van der Waals surface area contributed by atoms with Crippen molar-refractivity contribution in [3.8, 4) is 11.5 Å². The van der Waals surface area contributed by atoms with Gasteiger partial charge >= 0.3 is 0 Å². The topological polar surface area (TPSA) is 48.1 Å². The van der Waals surface area contributed by atoms with Crippen molar-refractivity contribution >= 4 is 16.6 Å². The summed E-state index contributed by atoms with van der Waals surface area (Å²) < 4.78 is 5.80. The van der Waals surface area contributed by atoms with Crippen LogP contribution in [0.4, 0.5) is 5.69 Å². The first kappa shape index (κ1) is 11.5. The standard InChI is InChI=1S/C16H14N2O/c1-11-8-12-9-15(6-7-16(12)18-10-11)19-14-4-2-13(17)3-5-14/h2-10H,17H2,1H3. The maximum Gasteiger partial charge on any atom is 0.128 e. The minimum atomic E-state index is 0.727. The van der Waals surface area contributed by atoms with Crippen molar-refractivity contribution in [3.63, 3.8) is 0 Å². The van der Waals surface area contributed by atoms with Crippen molar-refractivity contribution in [3.05, 3.63) is 60.3 Å². The molecule has 0 bridgehead atoms. The van der Waals surface area contributed by atoms with Crippen molar-refractivity contribution in [1.29, 1.82) is 0 Å². The maximum absolute atomic E-state index is 5.80. The number of fused-ring (bicyclic) bond motifs is 1. The summed E-state index contributed by atoms with van der Waals surface area (Å²) in [5.74, 6) is 1.57. The molecule has 3 heteroatoms. The van der Waals surface area contributed by atoms with Gasteiger partial charge in [0.15, 0.2) is 0 Å². The Labute approximate surface area is 111 Å². The van der Waals surface area contributed by atoms with Crippen molar-refractivity contribution in [2.75, 3.05) is 5.73 Å². The second kappa shape index (κ2) is 4.61. The summed E-state index contributed by atoms with van der Waals surface area (Å²) >= 11 is 0. The fourth-order valence-electron chi connectivity index (χ4n) is 1.96. The summed E-state index contributed by atoms with van der Waals surface area (Å²) in [7, 11) is 0. The third-order valence-corrected chi connectivity index (χ3v) is 2.91. The Bertz CT molecular complexity index is 720. The third-order valence-electron chi connectivity index (χ3n) is 2.91. The summed E-state index contributed by atoms with van der Waals surface area (Å²) in [5.41, 5.74) is 8.48. The predicted molar refractivity (Wildman–Crippen MR) is 77.4 cm³/mol. The molecule has 0 amide bonds. The molecule has 2 aromatic carbocycles. The average molecular weight is 250 g/mol. The van der Waals surface area contributed by atoms with E-state index in [0.717, 1.165) is 33.7 Å². The van der Waals surface area contributed by atoms with Gasteiger partial charge < -0.3 is 10.5 Å². The second-order valence-electron chi connectivity index (χ2n) is 4.54. The fraction of sp³-hybridized carbons (Fsp3) is 0.0625. The number of nitrogens with zero attached hydrogens (tertiary/aromatic N) is 1. The Morgan fingerprint density at radius 1 is 0.947 bits per heavy atom. The molecular weight excluding hydrogens is 236 g/mol. The van der Waals surface area contributed by atoms with Gasteiger partial charge in [-0.3, -0.25) is 4.98 Å². The van der Waals surface area contributed by atoms with Gasteiger partial charge in [-0.2, -0.15) is 0 Å². The molecular formula is C16H14N2O. The average Bonchev–Trinajstić information content (AvgIpc) is 2.41. The summed E-state index contributed by atoms with van der Waals surface area (Å²) in [5, 5.41) is 1.08. The van der Waals surface area contributed by atoms with Gasteiger partial charge in [0, 0.05) is 17.3 Å². The Hall–Kier alpha value is -2.55. The largest absolute Gasteiger partial charge is 0.457 e. The van der Waals surface area contributed by atoms with E-state index in [1.165, 1.54) is 0 Å². The van der Waals surface area contributed by atoms with E-state index in [4.69, 9.17) is 10.5 Å². The predicted octanol–water partition coefficient (Wildman–Crippen LogP) is 3.92. The van der Waals surface area contributed by atoms with E-state index in [-0.39, 0.29) is 0 Å². The Morgan fingerprint density at radius 2 is 1.68 bits per heavy atom. The first-order chi connectivity index (χ1) is 9.20. The number of hydrogen-bond acceptors (Lipinski definition) is 3. The smallest absolute Gasteiger partial charge is 0.128 e. The van der Waals surface area contributed by atoms with Gasteiger partial charge in [0.25, 0.3) is 0 Å². The van der Waals surface area contributed by atoms with Gasteiger partial charge in [0.05, 0.1) is 5.52 Å². The molecule has 3 rings (SSSR count). The summed E-state index contributed by atoms with van der Waals surface area (Å²) in [6.45, 7) is 2.03. The SMILES string of the molecule is Cc1cnc2ccc(Oc3ccc(N)cc3)cc2c1. The molecule has 0 atom stereocenters. The molecule has 0 fully saturated rings. The normalized spacial score (nSPS) is 10.6. The van der Waals surface area contributed by atoms with E-state index >= 15 is 0 Å². The van der Waals surface area contributed by atoms with Crippen LogP contribution in [0.2, 0.25) is 0 Å². The minimum Gasteiger partial charge on any atom is -0.457 e. The van der Waals surface area contributed by atoms with Gasteiger partial charge in [-0.25, -0.2) is 0 Å². The fourth-order valence-corrected chi connectivity index (χ4v) is 1.96. The van der Waals surface area contributed by atoms with Crippen molar-refractivity contribution in [2.45, 2.75) is 6.92 Å². The molecule has 0 aliphatic rings. The van der Waals surface area contributed by atoms with E-state index < -0.39 is 0 Å². The molecule has 1 aromatic heterocycles. The van der Waals surface area contributed by atoms with Crippen LogP contribution in [0.5, 0.6) is 11.5 Å². The molecule has 19 heavy (non-hydrogen) atoms. The second-order valence-corrected chi connectivity index (χ2v) is 4.54. The van der Waals surface area contributed by atoms with Crippen molar-refractivity contribution < 1.29 is 4.74 Å². The zero-order valence-corrected chi connectivity index (χ0v) is 10.6. The number of rotatable bonds is 2. The molecule has 0 aliphatic heterocycles. The van der Waals surface area contributed by atoms with E-state index in [2.05, 4.69) is 11.1 Å². The molecule has 1 heterocycles. The van der Waals surface area contributed by atoms with Crippen LogP contribution >= 0.6 is 0 Å². The zero-order chi connectivity index (χ0) is 13.2. The summed E-state index contributed by atoms with van der Waals surface area (Å²) in [6, 6.07) is 15.3. The van der Waals surface area contributed by atoms with Gasteiger partial charge in [0.1, 0.15) is 11.5 Å². The summed E-state index contributed by atoms with van der Waals surface area (Å²) in [6.07, 6.45) is 1.86. The maximum atomic E-state index is 5.80. The number of hydrogen-bond donors (Lipinski definition) is 1. The van der Waals surface area contributed by atoms with Gasteiger partial charge in [-0.05, 0) is 61.0 Å². The Morgan fingerprint density at radius 3 is 2.47 bits per heavy atom. The van der Waals surface area contributed by atoms with Crippen LogP contribution in [0, 0.1) is 6.92 Å². The highest BCUT2D eigenvalue weighted by molar-refractivity contribution is 5.80.